The molecule has 3 heteroatoms. The molecule has 0 unspecified atom stereocenters. The second kappa shape index (κ2) is 5.95. The van der Waals surface area contributed by atoms with Gasteiger partial charge in [0, 0.05) is 12.2 Å². The van der Waals surface area contributed by atoms with Gasteiger partial charge in [-0.1, -0.05) is 23.8 Å². The van der Waals surface area contributed by atoms with E-state index in [0.29, 0.717) is 12.1 Å². The number of para-hydroxylation sites is 1. The lowest BCUT2D eigenvalue weighted by molar-refractivity contribution is 0.0602. The van der Waals surface area contributed by atoms with Crippen LogP contribution in [0.1, 0.15) is 24.2 Å². The van der Waals surface area contributed by atoms with E-state index in [0.717, 1.165) is 5.69 Å². The summed E-state index contributed by atoms with van der Waals surface area (Å²) in [5.41, 5.74) is 2.60. The Morgan fingerprint density at radius 2 is 2.06 bits per heavy atom. The Bertz CT molecular complexity index is 393. The van der Waals surface area contributed by atoms with E-state index in [1.807, 2.05) is 32.0 Å². The van der Waals surface area contributed by atoms with Crippen LogP contribution in [0.4, 0.5) is 5.69 Å². The summed E-state index contributed by atoms with van der Waals surface area (Å²) in [6, 6.07) is 7.32. The first kappa shape index (κ1) is 12.3. The van der Waals surface area contributed by atoms with Crippen LogP contribution in [0.3, 0.4) is 0 Å². The molecule has 0 saturated carbocycles. The summed E-state index contributed by atoms with van der Waals surface area (Å²) in [6.07, 6.45) is 2.06. The summed E-state index contributed by atoms with van der Waals surface area (Å²) in [5.74, 6) is -0.319. The predicted octanol–water partition coefficient (Wildman–Crippen LogP) is 2.85. The van der Waals surface area contributed by atoms with Gasteiger partial charge < -0.3 is 10.1 Å². The molecule has 1 rings (SSSR count). The van der Waals surface area contributed by atoms with Crippen molar-refractivity contribution in [3.63, 3.8) is 0 Å². The summed E-state index contributed by atoms with van der Waals surface area (Å²) in [5, 5.41) is 3.18. The average Bonchev–Trinajstić information content (AvgIpc) is 2.28. The number of esters is 1. The number of anilines is 1. The van der Waals surface area contributed by atoms with Crippen LogP contribution in [0.5, 0.6) is 0 Å². The quantitative estimate of drug-likeness (QED) is 0.625. The van der Waals surface area contributed by atoms with Crippen molar-refractivity contribution in [2.24, 2.45) is 0 Å². The van der Waals surface area contributed by atoms with E-state index >= 15 is 0 Å². The number of hydrogen-bond acceptors (Lipinski definition) is 3. The van der Waals surface area contributed by atoms with Crippen LogP contribution in [-0.2, 0) is 4.74 Å². The second-order valence-corrected chi connectivity index (χ2v) is 3.70. The van der Waals surface area contributed by atoms with Crippen LogP contribution in [0, 0.1) is 0 Å². The smallest absolute Gasteiger partial charge is 0.339 e. The van der Waals surface area contributed by atoms with Crippen LogP contribution in [-0.4, -0.2) is 19.6 Å². The first-order valence-electron chi connectivity index (χ1n) is 5.19. The Hall–Kier alpha value is -1.77. The SMILES string of the molecule is COC(=O)c1ccccc1NCC=C(C)C. The molecule has 0 aromatic heterocycles. The van der Waals surface area contributed by atoms with E-state index in [2.05, 4.69) is 11.4 Å². The molecule has 0 heterocycles. The number of ether oxygens (including phenoxy) is 1. The summed E-state index contributed by atoms with van der Waals surface area (Å²) < 4.78 is 4.71. The van der Waals surface area contributed by atoms with Crippen LogP contribution >= 0.6 is 0 Å². The molecule has 0 aliphatic heterocycles. The Balaban J connectivity index is 2.79. The lowest BCUT2D eigenvalue weighted by Gasteiger charge is -2.08. The second-order valence-electron chi connectivity index (χ2n) is 3.70. The Morgan fingerprint density at radius 3 is 2.69 bits per heavy atom. The van der Waals surface area contributed by atoms with Gasteiger partial charge in [-0.2, -0.15) is 0 Å². The van der Waals surface area contributed by atoms with Crippen LogP contribution in [0.15, 0.2) is 35.9 Å². The Labute approximate surface area is 96.1 Å². The molecular formula is C13H17NO2. The van der Waals surface area contributed by atoms with Crippen molar-refractivity contribution in [3.05, 3.63) is 41.5 Å². The molecule has 0 aliphatic carbocycles. The minimum absolute atomic E-state index is 0.319. The minimum Gasteiger partial charge on any atom is -0.465 e. The van der Waals surface area contributed by atoms with Gasteiger partial charge in [-0.15, -0.1) is 0 Å². The number of benzene rings is 1. The third kappa shape index (κ3) is 3.42. The van der Waals surface area contributed by atoms with E-state index in [-0.39, 0.29) is 5.97 Å². The van der Waals surface area contributed by atoms with Crippen molar-refractivity contribution >= 4 is 11.7 Å². The number of carbonyl (C=O) groups is 1. The van der Waals surface area contributed by atoms with E-state index in [4.69, 9.17) is 4.74 Å². The molecule has 0 aliphatic rings. The fourth-order valence-corrected chi connectivity index (χ4v) is 1.29. The van der Waals surface area contributed by atoms with Gasteiger partial charge in [-0.05, 0) is 26.0 Å². The maximum absolute atomic E-state index is 11.5. The van der Waals surface area contributed by atoms with Crippen molar-refractivity contribution in [2.75, 3.05) is 19.0 Å². The summed E-state index contributed by atoms with van der Waals surface area (Å²) in [7, 11) is 1.38. The summed E-state index contributed by atoms with van der Waals surface area (Å²) in [4.78, 5) is 11.5. The zero-order chi connectivity index (χ0) is 12.0. The molecule has 0 radical (unpaired) electrons. The maximum atomic E-state index is 11.5. The Morgan fingerprint density at radius 1 is 1.38 bits per heavy atom. The zero-order valence-corrected chi connectivity index (χ0v) is 9.91. The molecule has 1 aromatic carbocycles. The predicted molar refractivity (Wildman–Crippen MR) is 65.7 cm³/mol. The van der Waals surface area contributed by atoms with Gasteiger partial charge in [0.2, 0.25) is 0 Å². The van der Waals surface area contributed by atoms with Gasteiger partial charge in [0.1, 0.15) is 0 Å². The molecule has 1 N–H and O–H groups in total. The zero-order valence-electron chi connectivity index (χ0n) is 9.91. The average molecular weight is 219 g/mol. The Kier molecular flexibility index (Phi) is 4.58. The van der Waals surface area contributed by atoms with Gasteiger partial charge in [-0.3, -0.25) is 0 Å². The standard InChI is InChI=1S/C13H17NO2/c1-10(2)8-9-14-12-7-5-4-6-11(12)13(15)16-3/h4-8,14H,9H2,1-3H3. The van der Waals surface area contributed by atoms with Crippen molar-refractivity contribution in [3.8, 4) is 0 Å². The number of carbonyl (C=O) groups excluding carboxylic acids is 1. The van der Waals surface area contributed by atoms with Crippen molar-refractivity contribution in [1.82, 2.24) is 0 Å². The van der Waals surface area contributed by atoms with Gasteiger partial charge in [-0.25, -0.2) is 4.79 Å². The molecule has 0 bridgehead atoms. The van der Waals surface area contributed by atoms with E-state index in [1.165, 1.54) is 12.7 Å². The number of methoxy groups -OCH3 is 1. The van der Waals surface area contributed by atoms with Gasteiger partial charge >= 0.3 is 5.97 Å². The summed E-state index contributed by atoms with van der Waals surface area (Å²) >= 11 is 0. The fraction of sp³-hybridized carbons (Fsp3) is 0.308. The van der Waals surface area contributed by atoms with Crippen molar-refractivity contribution in [2.45, 2.75) is 13.8 Å². The minimum atomic E-state index is -0.319. The number of rotatable bonds is 4. The van der Waals surface area contributed by atoms with E-state index in [1.54, 1.807) is 6.07 Å². The normalized spacial score (nSPS) is 9.44. The molecule has 0 amide bonds. The van der Waals surface area contributed by atoms with E-state index < -0.39 is 0 Å². The molecule has 3 nitrogen and oxygen atoms in total. The highest BCUT2D eigenvalue weighted by atomic mass is 16.5. The van der Waals surface area contributed by atoms with Crippen LogP contribution < -0.4 is 5.32 Å². The van der Waals surface area contributed by atoms with Crippen molar-refractivity contribution < 1.29 is 9.53 Å². The van der Waals surface area contributed by atoms with Gasteiger partial charge in [0.15, 0.2) is 0 Å². The first-order valence-corrected chi connectivity index (χ1v) is 5.19. The van der Waals surface area contributed by atoms with Crippen LogP contribution in [0.2, 0.25) is 0 Å². The van der Waals surface area contributed by atoms with Crippen molar-refractivity contribution in [1.29, 1.82) is 0 Å². The molecule has 16 heavy (non-hydrogen) atoms. The highest BCUT2D eigenvalue weighted by Crippen LogP contribution is 2.15. The lowest BCUT2D eigenvalue weighted by atomic mass is 10.2. The highest BCUT2D eigenvalue weighted by Gasteiger charge is 2.09. The summed E-state index contributed by atoms with van der Waals surface area (Å²) in [6.45, 7) is 4.78. The monoisotopic (exact) mass is 219 g/mol. The molecule has 0 saturated heterocycles. The largest absolute Gasteiger partial charge is 0.465 e. The lowest BCUT2D eigenvalue weighted by Crippen LogP contribution is -2.08. The number of allylic oxidation sites excluding steroid dienone is 1. The number of nitrogens with one attached hydrogen (secondary N) is 1. The van der Waals surface area contributed by atoms with Gasteiger partial charge in [0.25, 0.3) is 0 Å². The molecular weight excluding hydrogens is 202 g/mol. The number of hydrogen-bond donors (Lipinski definition) is 1. The van der Waals surface area contributed by atoms with E-state index in [9.17, 15) is 4.79 Å². The molecule has 86 valence electrons. The topological polar surface area (TPSA) is 38.3 Å². The maximum Gasteiger partial charge on any atom is 0.339 e. The fourth-order valence-electron chi connectivity index (χ4n) is 1.29. The third-order valence-electron chi connectivity index (χ3n) is 2.14. The first-order chi connectivity index (χ1) is 7.65. The van der Waals surface area contributed by atoms with Crippen LogP contribution in [0.25, 0.3) is 0 Å². The van der Waals surface area contributed by atoms with Gasteiger partial charge in [0.05, 0.1) is 12.7 Å². The molecule has 1 aromatic rings. The molecule has 0 atom stereocenters. The highest BCUT2D eigenvalue weighted by molar-refractivity contribution is 5.95. The molecule has 0 spiro atoms. The third-order valence-corrected chi connectivity index (χ3v) is 2.14. The molecule has 0 fully saturated rings.